The van der Waals surface area contributed by atoms with Gasteiger partial charge in [0.1, 0.15) is 17.0 Å². The second-order valence-corrected chi connectivity index (χ2v) is 5.49. The number of nitrogens with zero attached hydrogens (tertiary/aromatic N) is 1. The van der Waals surface area contributed by atoms with Crippen LogP contribution in [0.3, 0.4) is 0 Å². The van der Waals surface area contributed by atoms with Crippen molar-refractivity contribution in [1.29, 1.82) is 0 Å². The molecule has 0 unspecified atom stereocenters. The van der Waals surface area contributed by atoms with Gasteiger partial charge in [0.05, 0.1) is 0 Å². The van der Waals surface area contributed by atoms with Crippen molar-refractivity contribution in [2.24, 2.45) is 0 Å². The van der Waals surface area contributed by atoms with Gasteiger partial charge in [-0.2, -0.15) is 0 Å². The molecule has 0 amide bonds. The van der Waals surface area contributed by atoms with Crippen LogP contribution in [0.4, 0.5) is 0 Å². The Kier molecular flexibility index (Phi) is 3.20. The van der Waals surface area contributed by atoms with Crippen molar-refractivity contribution in [3.8, 4) is 23.0 Å². The molecule has 4 rings (SSSR count). The van der Waals surface area contributed by atoms with E-state index in [0.29, 0.717) is 22.7 Å². The monoisotopic (exact) mass is 319 g/mol. The van der Waals surface area contributed by atoms with Gasteiger partial charge in [0.25, 0.3) is 0 Å². The molecule has 0 aliphatic heterocycles. The van der Waals surface area contributed by atoms with Crippen LogP contribution >= 0.6 is 0 Å². The zero-order valence-corrected chi connectivity index (χ0v) is 12.8. The molecule has 0 aliphatic rings. The van der Waals surface area contributed by atoms with Crippen molar-refractivity contribution in [2.75, 3.05) is 0 Å². The fraction of sp³-hybridized carbons (Fsp3) is 0.0526. The Balaban J connectivity index is 1.78. The summed E-state index contributed by atoms with van der Waals surface area (Å²) >= 11 is 0. The van der Waals surface area contributed by atoms with Crippen LogP contribution in [0.2, 0.25) is 0 Å². The predicted molar refractivity (Wildman–Crippen MR) is 89.9 cm³/mol. The second-order valence-electron chi connectivity index (χ2n) is 5.49. The van der Waals surface area contributed by atoms with E-state index in [1.807, 2.05) is 24.3 Å². The minimum atomic E-state index is -0.383. The molecule has 3 aromatic carbocycles. The third kappa shape index (κ3) is 2.56. The van der Waals surface area contributed by atoms with E-state index in [2.05, 4.69) is 4.98 Å². The number of hydrogen-bond acceptors (Lipinski definition) is 5. The Hall–Kier alpha value is -3.34. The number of carbonyl (C=O) groups is 1. The number of fused-ring (bicyclic) bond motifs is 2. The van der Waals surface area contributed by atoms with Gasteiger partial charge in [-0.3, -0.25) is 4.79 Å². The second kappa shape index (κ2) is 5.38. The maximum Gasteiger partial charge on any atom is 0.308 e. The summed E-state index contributed by atoms with van der Waals surface area (Å²) in [6.45, 7) is 1.35. The van der Waals surface area contributed by atoms with E-state index in [-0.39, 0.29) is 11.7 Å². The molecule has 0 radical (unpaired) electrons. The predicted octanol–water partition coefficient (Wildman–Crippen LogP) is 4.28. The quantitative estimate of drug-likeness (QED) is 0.441. The fourth-order valence-corrected chi connectivity index (χ4v) is 2.62. The number of aromatic hydroxyl groups is 1. The number of phenolic OH excluding ortho intramolecular Hbond substituents is 1. The van der Waals surface area contributed by atoms with E-state index in [0.717, 1.165) is 16.3 Å². The molecule has 24 heavy (non-hydrogen) atoms. The summed E-state index contributed by atoms with van der Waals surface area (Å²) < 4.78 is 10.9. The topological polar surface area (TPSA) is 72.6 Å². The van der Waals surface area contributed by atoms with Gasteiger partial charge in [0.15, 0.2) is 5.58 Å². The molecule has 118 valence electrons. The van der Waals surface area contributed by atoms with Crippen LogP contribution < -0.4 is 4.74 Å². The fourth-order valence-electron chi connectivity index (χ4n) is 2.62. The molecule has 0 bridgehead atoms. The smallest absolute Gasteiger partial charge is 0.308 e. The summed E-state index contributed by atoms with van der Waals surface area (Å²) in [6.07, 6.45) is 0. The molecule has 0 spiro atoms. The van der Waals surface area contributed by atoms with Crippen molar-refractivity contribution < 1.29 is 19.1 Å². The van der Waals surface area contributed by atoms with Crippen LogP contribution in [-0.4, -0.2) is 16.1 Å². The van der Waals surface area contributed by atoms with Gasteiger partial charge in [-0.25, -0.2) is 4.98 Å². The van der Waals surface area contributed by atoms with Crippen LogP contribution in [0.15, 0.2) is 59.0 Å². The number of ether oxygens (including phenoxy) is 1. The van der Waals surface area contributed by atoms with Crippen molar-refractivity contribution in [2.45, 2.75) is 6.92 Å². The summed E-state index contributed by atoms with van der Waals surface area (Å²) in [4.78, 5) is 15.5. The molecule has 0 atom stereocenters. The summed E-state index contributed by atoms with van der Waals surface area (Å²) in [7, 11) is 0. The summed E-state index contributed by atoms with van der Waals surface area (Å²) in [5.41, 5.74) is 2.07. The third-order valence-corrected chi connectivity index (χ3v) is 3.69. The maximum atomic E-state index is 11.0. The molecule has 5 nitrogen and oxygen atoms in total. The highest BCUT2D eigenvalue weighted by atomic mass is 16.5. The number of phenols is 1. The standard InChI is InChI=1S/C19H13NO4/c1-11(21)23-16-6-7-17-18(10-16)24-19(20-17)14-3-2-13-9-15(22)5-4-12(13)8-14/h2-10,22H,1H3. The Bertz CT molecular complexity index is 1080. The molecule has 5 heteroatoms. The van der Waals surface area contributed by atoms with Gasteiger partial charge in [0, 0.05) is 18.6 Å². The molecule has 1 aromatic heterocycles. The Morgan fingerprint density at radius 1 is 1.04 bits per heavy atom. The van der Waals surface area contributed by atoms with E-state index in [1.165, 1.54) is 6.92 Å². The number of rotatable bonds is 2. The highest BCUT2D eigenvalue weighted by Gasteiger charge is 2.10. The van der Waals surface area contributed by atoms with E-state index in [9.17, 15) is 9.90 Å². The number of benzene rings is 3. The number of hydrogen-bond donors (Lipinski definition) is 1. The van der Waals surface area contributed by atoms with Gasteiger partial charge in [-0.1, -0.05) is 12.1 Å². The summed E-state index contributed by atoms with van der Waals surface area (Å²) in [6, 6.07) is 16.0. The molecule has 0 fully saturated rings. The Morgan fingerprint density at radius 3 is 2.67 bits per heavy atom. The lowest BCUT2D eigenvalue weighted by Crippen LogP contribution is -2.00. The van der Waals surface area contributed by atoms with E-state index in [4.69, 9.17) is 9.15 Å². The highest BCUT2D eigenvalue weighted by molar-refractivity contribution is 5.88. The van der Waals surface area contributed by atoms with Crippen LogP contribution in [-0.2, 0) is 4.79 Å². The van der Waals surface area contributed by atoms with Crippen molar-refractivity contribution in [1.82, 2.24) is 4.98 Å². The lowest BCUT2D eigenvalue weighted by atomic mass is 10.1. The molecule has 1 heterocycles. The first-order chi connectivity index (χ1) is 11.6. The molecular formula is C19H13NO4. The Morgan fingerprint density at radius 2 is 1.83 bits per heavy atom. The van der Waals surface area contributed by atoms with Gasteiger partial charge in [-0.15, -0.1) is 0 Å². The van der Waals surface area contributed by atoms with Crippen LogP contribution in [0.1, 0.15) is 6.92 Å². The highest BCUT2D eigenvalue weighted by Crippen LogP contribution is 2.30. The van der Waals surface area contributed by atoms with Crippen LogP contribution in [0.25, 0.3) is 33.3 Å². The maximum absolute atomic E-state index is 11.0. The normalized spacial score (nSPS) is 11.0. The summed E-state index contributed by atoms with van der Waals surface area (Å²) in [5, 5.41) is 11.5. The van der Waals surface area contributed by atoms with Gasteiger partial charge < -0.3 is 14.3 Å². The first kappa shape index (κ1) is 14.3. The summed E-state index contributed by atoms with van der Waals surface area (Å²) in [5.74, 6) is 0.758. The lowest BCUT2D eigenvalue weighted by Gasteiger charge is -2.01. The SMILES string of the molecule is CC(=O)Oc1ccc2nc(-c3ccc4cc(O)ccc4c3)oc2c1. The van der Waals surface area contributed by atoms with Crippen LogP contribution in [0, 0.1) is 0 Å². The molecule has 0 saturated heterocycles. The molecule has 4 aromatic rings. The van der Waals surface area contributed by atoms with Gasteiger partial charge >= 0.3 is 5.97 Å². The first-order valence-corrected chi connectivity index (χ1v) is 7.41. The third-order valence-electron chi connectivity index (χ3n) is 3.69. The average molecular weight is 319 g/mol. The lowest BCUT2D eigenvalue weighted by molar-refractivity contribution is -0.131. The molecule has 0 saturated carbocycles. The molecule has 0 aliphatic carbocycles. The van der Waals surface area contributed by atoms with E-state index < -0.39 is 0 Å². The minimum absolute atomic E-state index is 0.232. The largest absolute Gasteiger partial charge is 0.508 e. The van der Waals surface area contributed by atoms with E-state index >= 15 is 0 Å². The number of carbonyl (C=O) groups excluding carboxylic acids is 1. The van der Waals surface area contributed by atoms with Gasteiger partial charge in [0.2, 0.25) is 5.89 Å². The number of esters is 1. The van der Waals surface area contributed by atoms with Crippen molar-refractivity contribution in [3.05, 3.63) is 54.6 Å². The molecular weight excluding hydrogens is 306 g/mol. The average Bonchev–Trinajstić information content (AvgIpc) is 2.97. The van der Waals surface area contributed by atoms with Crippen LogP contribution in [0.5, 0.6) is 11.5 Å². The Labute approximate surface area is 137 Å². The molecule has 1 N–H and O–H groups in total. The van der Waals surface area contributed by atoms with Crippen molar-refractivity contribution in [3.63, 3.8) is 0 Å². The zero-order valence-electron chi connectivity index (χ0n) is 12.8. The van der Waals surface area contributed by atoms with Crippen molar-refractivity contribution >= 4 is 27.8 Å². The number of aromatic nitrogens is 1. The van der Waals surface area contributed by atoms with E-state index in [1.54, 1.807) is 30.3 Å². The minimum Gasteiger partial charge on any atom is -0.508 e. The zero-order chi connectivity index (χ0) is 16.7. The number of oxazole rings is 1. The first-order valence-electron chi connectivity index (χ1n) is 7.41. The van der Waals surface area contributed by atoms with Gasteiger partial charge in [-0.05, 0) is 47.2 Å².